The van der Waals surface area contributed by atoms with Gasteiger partial charge in [-0.1, -0.05) is 43.9 Å². The molecule has 0 N–H and O–H groups in total. The molecule has 0 atom stereocenters. The summed E-state index contributed by atoms with van der Waals surface area (Å²) in [5, 5.41) is 4.90. The fourth-order valence-corrected chi connectivity index (χ4v) is 6.05. The van der Waals surface area contributed by atoms with Crippen LogP contribution in [0.3, 0.4) is 0 Å². The molecule has 0 spiro atoms. The molecule has 1 aromatic carbocycles. The van der Waals surface area contributed by atoms with Crippen LogP contribution in [0.1, 0.15) is 41.3 Å². The number of methoxy groups -OCH3 is 1. The van der Waals surface area contributed by atoms with Gasteiger partial charge in [0.25, 0.3) is 0 Å². The number of fused-ring (bicyclic) bond motifs is 1. The molecule has 0 aliphatic heterocycles. The van der Waals surface area contributed by atoms with Crippen molar-refractivity contribution in [2.45, 2.75) is 63.8 Å². The first kappa shape index (κ1) is 30.9. The Hall–Kier alpha value is -4.10. The number of benzene rings is 1. The van der Waals surface area contributed by atoms with Gasteiger partial charge < -0.3 is 14.0 Å². The standard InChI is InChI=1S/C32H36F3N7O2Si/c1-41-18-26(32(33,34)35)38-30(41)22-8-6-20(7-9-22)16-24-28-25(42(40-24)19-44-14-15-45(3,4)5)17-37-29(39-28)27-23(21-10-11-21)12-13-36-31(27)43-2/h6-9,12-13,17-18,21H,10-11,14-16,19H2,1-5H3. The maximum Gasteiger partial charge on any atom is 0.434 e. The zero-order valence-corrected chi connectivity index (χ0v) is 27.0. The first-order chi connectivity index (χ1) is 21.4. The van der Waals surface area contributed by atoms with Gasteiger partial charge in [-0.05, 0) is 42.0 Å². The molecule has 45 heavy (non-hydrogen) atoms. The highest BCUT2D eigenvalue weighted by atomic mass is 28.3. The fourth-order valence-electron chi connectivity index (χ4n) is 5.30. The largest absolute Gasteiger partial charge is 0.480 e. The van der Waals surface area contributed by atoms with Crippen molar-refractivity contribution in [3.8, 4) is 28.7 Å². The van der Waals surface area contributed by atoms with Crippen molar-refractivity contribution in [2.75, 3.05) is 13.7 Å². The lowest BCUT2D eigenvalue weighted by Gasteiger charge is -2.15. The van der Waals surface area contributed by atoms with E-state index >= 15 is 0 Å². The number of ether oxygens (including phenoxy) is 2. The van der Waals surface area contributed by atoms with E-state index in [9.17, 15) is 13.2 Å². The molecule has 0 unspecified atom stereocenters. The van der Waals surface area contributed by atoms with E-state index in [1.807, 2.05) is 18.2 Å². The quantitative estimate of drug-likeness (QED) is 0.113. The zero-order valence-electron chi connectivity index (χ0n) is 26.0. The van der Waals surface area contributed by atoms with Gasteiger partial charge >= 0.3 is 6.18 Å². The molecular weight excluding hydrogens is 599 g/mol. The number of imidazole rings is 1. The molecular formula is C32H36F3N7O2Si. The Kier molecular flexibility index (Phi) is 8.25. The van der Waals surface area contributed by atoms with Crippen LogP contribution < -0.4 is 4.74 Å². The van der Waals surface area contributed by atoms with Crippen molar-refractivity contribution >= 4 is 19.1 Å². The van der Waals surface area contributed by atoms with Gasteiger partial charge in [0.05, 0.1) is 24.6 Å². The minimum Gasteiger partial charge on any atom is -0.480 e. The second-order valence-electron chi connectivity index (χ2n) is 12.7. The van der Waals surface area contributed by atoms with E-state index in [0.29, 0.717) is 41.7 Å². The van der Waals surface area contributed by atoms with Crippen LogP contribution in [0.2, 0.25) is 25.7 Å². The summed E-state index contributed by atoms with van der Waals surface area (Å²) in [7, 11) is 1.89. The monoisotopic (exact) mass is 635 g/mol. The minimum atomic E-state index is -4.51. The molecule has 0 saturated heterocycles. The average molecular weight is 636 g/mol. The fraction of sp³-hybridized carbons (Fsp3) is 0.406. The van der Waals surface area contributed by atoms with E-state index in [2.05, 4.69) is 29.6 Å². The number of hydrogen-bond donors (Lipinski definition) is 0. The number of hydrogen-bond acceptors (Lipinski definition) is 7. The first-order valence-corrected chi connectivity index (χ1v) is 18.7. The molecule has 6 rings (SSSR count). The van der Waals surface area contributed by atoms with E-state index in [1.54, 1.807) is 43.4 Å². The Morgan fingerprint density at radius 1 is 1.02 bits per heavy atom. The van der Waals surface area contributed by atoms with E-state index in [-0.39, 0.29) is 12.6 Å². The lowest BCUT2D eigenvalue weighted by molar-refractivity contribution is -0.140. The summed E-state index contributed by atoms with van der Waals surface area (Å²) in [4.78, 5) is 18.0. The van der Waals surface area contributed by atoms with E-state index in [0.717, 1.165) is 53.0 Å². The van der Waals surface area contributed by atoms with Crippen molar-refractivity contribution in [1.82, 2.24) is 34.3 Å². The maximum atomic E-state index is 13.2. The zero-order chi connectivity index (χ0) is 31.9. The summed E-state index contributed by atoms with van der Waals surface area (Å²) in [6.45, 7) is 7.85. The number of alkyl halides is 3. The third-order valence-corrected chi connectivity index (χ3v) is 9.61. The van der Waals surface area contributed by atoms with Gasteiger partial charge in [-0.25, -0.2) is 24.6 Å². The Morgan fingerprint density at radius 3 is 2.42 bits per heavy atom. The van der Waals surface area contributed by atoms with Gasteiger partial charge in [-0.2, -0.15) is 18.3 Å². The minimum absolute atomic E-state index is 0.244. The molecule has 5 aromatic rings. The van der Waals surface area contributed by atoms with Gasteiger partial charge in [0.15, 0.2) is 11.5 Å². The Balaban J connectivity index is 1.34. The lowest BCUT2D eigenvalue weighted by atomic mass is 10.0. The first-order valence-electron chi connectivity index (χ1n) is 14.9. The summed E-state index contributed by atoms with van der Waals surface area (Å²) >= 11 is 0. The van der Waals surface area contributed by atoms with E-state index < -0.39 is 19.9 Å². The highest BCUT2D eigenvalue weighted by Gasteiger charge is 2.34. The molecule has 4 aromatic heterocycles. The van der Waals surface area contributed by atoms with Crippen molar-refractivity contribution in [1.29, 1.82) is 0 Å². The van der Waals surface area contributed by atoms with Crippen LogP contribution in [0, 0.1) is 0 Å². The molecule has 236 valence electrons. The highest BCUT2D eigenvalue weighted by molar-refractivity contribution is 6.76. The molecule has 0 radical (unpaired) electrons. The third-order valence-electron chi connectivity index (χ3n) is 7.91. The van der Waals surface area contributed by atoms with Crippen LogP contribution in [0.15, 0.2) is 48.9 Å². The summed E-state index contributed by atoms with van der Waals surface area (Å²) in [5.74, 6) is 1.69. The van der Waals surface area contributed by atoms with Gasteiger partial charge in [0, 0.05) is 46.1 Å². The Bertz CT molecular complexity index is 1820. The lowest BCUT2D eigenvalue weighted by Crippen LogP contribution is -2.22. The molecule has 1 fully saturated rings. The molecule has 4 heterocycles. The van der Waals surface area contributed by atoms with Gasteiger partial charge in [0.2, 0.25) is 5.88 Å². The van der Waals surface area contributed by atoms with Crippen molar-refractivity contribution in [2.24, 2.45) is 7.05 Å². The molecule has 1 aliphatic rings. The number of rotatable bonds is 11. The normalized spacial score (nSPS) is 14.0. The number of nitrogens with zero attached hydrogens (tertiary/aromatic N) is 7. The van der Waals surface area contributed by atoms with E-state index in [1.165, 1.54) is 4.57 Å². The molecule has 9 nitrogen and oxygen atoms in total. The van der Waals surface area contributed by atoms with Crippen LogP contribution in [-0.2, 0) is 31.1 Å². The SMILES string of the molecule is COc1nccc(C2CC2)c1-c1ncc2c(n1)c(Cc1ccc(-c3nc(C(F)(F)F)cn3C)cc1)nn2COCC[Si](C)(C)C. The number of halogens is 3. The van der Waals surface area contributed by atoms with Crippen LogP contribution in [0.25, 0.3) is 33.8 Å². The van der Waals surface area contributed by atoms with Crippen LogP contribution >= 0.6 is 0 Å². The maximum absolute atomic E-state index is 13.2. The topological polar surface area (TPSA) is 92.8 Å². The Morgan fingerprint density at radius 2 is 1.78 bits per heavy atom. The van der Waals surface area contributed by atoms with Crippen LogP contribution in [0.5, 0.6) is 5.88 Å². The molecule has 13 heteroatoms. The summed E-state index contributed by atoms with van der Waals surface area (Å²) in [6.07, 6.45) is 2.68. The number of pyridine rings is 1. The van der Waals surface area contributed by atoms with E-state index in [4.69, 9.17) is 24.5 Å². The molecule has 1 aliphatic carbocycles. The smallest absolute Gasteiger partial charge is 0.434 e. The van der Waals surface area contributed by atoms with Gasteiger partial charge in [-0.15, -0.1) is 0 Å². The van der Waals surface area contributed by atoms with Crippen molar-refractivity contribution in [3.63, 3.8) is 0 Å². The van der Waals surface area contributed by atoms with Gasteiger partial charge in [-0.3, -0.25) is 0 Å². The summed E-state index contributed by atoms with van der Waals surface area (Å²) < 4.78 is 54.5. The highest BCUT2D eigenvalue weighted by Crippen LogP contribution is 2.46. The average Bonchev–Trinajstić information content (AvgIpc) is 3.69. The summed E-state index contributed by atoms with van der Waals surface area (Å²) in [6, 6.07) is 10.4. The van der Waals surface area contributed by atoms with Crippen molar-refractivity contribution < 1.29 is 22.6 Å². The second kappa shape index (κ2) is 12.0. The molecule has 1 saturated carbocycles. The molecule has 0 bridgehead atoms. The van der Waals surface area contributed by atoms with Crippen molar-refractivity contribution in [3.05, 3.63) is 71.4 Å². The number of aromatic nitrogens is 7. The second-order valence-corrected chi connectivity index (χ2v) is 18.3. The Labute approximate surface area is 260 Å². The predicted octanol–water partition coefficient (Wildman–Crippen LogP) is 7.10. The number of aryl methyl sites for hydroxylation is 1. The summed E-state index contributed by atoms with van der Waals surface area (Å²) in [5.41, 5.74) is 4.71. The predicted molar refractivity (Wildman–Crippen MR) is 168 cm³/mol. The van der Waals surface area contributed by atoms with Crippen LogP contribution in [-0.4, -0.2) is 56.1 Å². The van der Waals surface area contributed by atoms with Gasteiger partial charge in [0.1, 0.15) is 23.6 Å². The van der Waals surface area contributed by atoms with Crippen LogP contribution in [0.4, 0.5) is 13.2 Å². The third kappa shape index (κ3) is 6.78. The molecule has 0 amide bonds.